The van der Waals surface area contributed by atoms with Crippen molar-refractivity contribution in [1.82, 2.24) is 19.9 Å². The molecule has 0 fully saturated rings. The van der Waals surface area contributed by atoms with Gasteiger partial charge in [-0.3, -0.25) is 4.79 Å². The number of carbonyl (C=O) groups is 1. The number of benzene rings is 1. The van der Waals surface area contributed by atoms with E-state index >= 15 is 0 Å². The van der Waals surface area contributed by atoms with Crippen molar-refractivity contribution in [1.29, 1.82) is 0 Å². The van der Waals surface area contributed by atoms with Crippen molar-refractivity contribution in [3.05, 3.63) is 59.8 Å². The topological polar surface area (TPSA) is 101 Å². The normalized spacial score (nSPS) is 11.8. The van der Waals surface area contributed by atoms with E-state index in [0.717, 1.165) is 33.9 Å². The number of hydrogen-bond acceptors (Lipinski definition) is 6. The highest BCUT2D eigenvalue weighted by molar-refractivity contribution is 5.71. The Balaban J connectivity index is 1.88. The van der Waals surface area contributed by atoms with E-state index in [0.29, 0.717) is 18.8 Å². The van der Waals surface area contributed by atoms with Crippen molar-refractivity contribution in [3.63, 3.8) is 0 Å². The monoisotopic (exact) mass is 377 g/mol. The van der Waals surface area contributed by atoms with Gasteiger partial charge in [-0.05, 0) is 56.2 Å². The van der Waals surface area contributed by atoms with E-state index < -0.39 is 11.9 Å². The van der Waals surface area contributed by atoms with Crippen molar-refractivity contribution in [3.8, 4) is 11.3 Å². The molecule has 3 aromatic rings. The van der Waals surface area contributed by atoms with Crippen LogP contribution in [0.15, 0.2) is 42.9 Å². The standard InChI is InChI=1S/C21H23N5O2/c1-4-15(20(27)28)9-17-11-19(24-12-23-17)16-7-13(2)8-18(10-16)26-21-22-6-5-14(3)25-21/h5-8,10-12,15H,4,9H2,1-3H3,(H,27,28)(H,22,25,26). The van der Waals surface area contributed by atoms with Crippen molar-refractivity contribution < 1.29 is 9.90 Å². The van der Waals surface area contributed by atoms with Crippen LogP contribution in [0.25, 0.3) is 11.3 Å². The van der Waals surface area contributed by atoms with Gasteiger partial charge < -0.3 is 10.4 Å². The fourth-order valence-corrected chi connectivity index (χ4v) is 2.97. The minimum absolute atomic E-state index is 0.384. The van der Waals surface area contributed by atoms with Crippen LogP contribution in [-0.2, 0) is 11.2 Å². The molecule has 0 spiro atoms. The van der Waals surface area contributed by atoms with Crippen molar-refractivity contribution >= 4 is 17.6 Å². The third-order valence-electron chi connectivity index (χ3n) is 4.45. The van der Waals surface area contributed by atoms with E-state index in [9.17, 15) is 9.90 Å². The molecule has 0 aliphatic heterocycles. The molecule has 1 unspecified atom stereocenters. The first-order chi connectivity index (χ1) is 13.4. The van der Waals surface area contributed by atoms with E-state index in [1.54, 1.807) is 6.20 Å². The number of carboxylic acid groups (broad SMARTS) is 1. The Bertz CT molecular complexity index is 990. The van der Waals surface area contributed by atoms with Gasteiger partial charge in [0.05, 0.1) is 11.6 Å². The maximum atomic E-state index is 11.3. The highest BCUT2D eigenvalue weighted by Gasteiger charge is 2.17. The summed E-state index contributed by atoms with van der Waals surface area (Å²) in [6, 6.07) is 9.71. The van der Waals surface area contributed by atoms with Crippen LogP contribution in [-0.4, -0.2) is 31.0 Å². The van der Waals surface area contributed by atoms with Gasteiger partial charge in [-0.1, -0.05) is 6.92 Å². The Morgan fingerprint density at radius 2 is 1.96 bits per heavy atom. The second kappa shape index (κ2) is 8.56. The molecule has 0 radical (unpaired) electrons. The number of aliphatic carboxylic acids is 1. The third kappa shape index (κ3) is 4.88. The van der Waals surface area contributed by atoms with Crippen LogP contribution < -0.4 is 5.32 Å². The van der Waals surface area contributed by atoms with Crippen LogP contribution in [0.4, 0.5) is 11.6 Å². The van der Waals surface area contributed by atoms with E-state index in [1.165, 1.54) is 6.33 Å². The molecule has 7 heteroatoms. The van der Waals surface area contributed by atoms with Crippen molar-refractivity contribution in [2.24, 2.45) is 5.92 Å². The predicted molar refractivity (Wildman–Crippen MR) is 107 cm³/mol. The summed E-state index contributed by atoms with van der Waals surface area (Å²) in [5, 5.41) is 12.5. The molecule has 0 aliphatic carbocycles. The fraction of sp³-hybridized carbons (Fsp3) is 0.286. The molecule has 0 amide bonds. The van der Waals surface area contributed by atoms with Gasteiger partial charge in [0.1, 0.15) is 6.33 Å². The Kier molecular flexibility index (Phi) is 5.93. The Morgan fingerprint density at radius 1 is 1.14 bits per heavy atom. The van der Waals surface area contributed by atoms with Gasteiger partial charge in [0.25, 0.3) is 0 Å². The summed E-state index contributed by atoms with van der Waals surface area (Å²) >= 11 is 0. The summed E-state index contributed by atoms with van der Waals surface area (Å²) < 4.78 is 0. The fourth-order valence-electron chi connectivity index (χ4n) is 2.97. The molecular formula is C21H23N5O2. The molecule has 2 N–H and O–H groups in total. The van der Waals surface area contributed by atoms with Crippen LogP contribution in [0.2, 0.25) is 0 Å². The number of anilines is 2. The van der Waals surface area contributed by atoms with Gasteiger partial charge >= 0.3 is 5.97 Å². The van der Waals surface area contributed by atoms with E-state index in [4.69, 9.17) is 0 Å². The predicted octanol–water partition coefficient (Wildman–Crippen LogP) is 3.95. The summed E-state index contributed by atoms with van der Waals surface area (Å²) in [6.07, 6.45) is 4.14. The molecular weight excluding hydrogens is 354 g/mol. The van der Waals surface area contributed by atoms with Gasteiger partial charge in [0.2, 0.25) is 5.95 Å². The maximum absolute atomic E-state index is 11.3. The number of aryl methyl sites for hydroxylation is 2. The molecule has 0 aliphatic rings. The second-order valence-electron chi connectivity index (χ2n) is 6.78. The molecule has 144 valence electrons. The van der Waals surface area contributed by atoms with E-state index in [-0.39, 0.29) is 0 Å². The summed E-state index contributed by atoms with van der Waals surface area (Å²) in [4.78, 5) is 28.5. The van der Waals surface area contributed by atoms with Crippen LogP contribution in [0, 0.1) is 19.8 Å². The summed E-state index contributed by atoms with van der Waals surface area (Å²) in [5.41, 5.74) is 5.19. The number of nitrogens with one attached hydrogen (secondary N) is 1. The summed E-state index contributed by atoms with van der Waals surface area (Å²) in [7, 11) is 0. The molecule has 0 saturated carbocycles. The average molecular weight is 377 g/mol. The van der Waals surface area contributed by atoms with Crippen LogP contribution in [0.5, 0.6) is 0 Å². The van der Waals surface area contributed by atoms with Gasteiger partial charge in [-0.25, -0.2) is 19.9 Å². The molecule has 3 rings (SSSR count). The minimum Gasteiger partial charge on any atom is -0.481 e. The first kappa shape index (κ1) is 19.4. The van der Waals surface area contributed by atoms with Crippen LogP contribution >= 0.6 is 0 Å². The van der Waals surface area contributed by atoms with Gasteiger partial charge in [-0.15, -0.1) is 0 Å². The third-order valence-corrected chi connectivity index (χ3v) is 4.45. The van der Waals surface area contributed by atoms with E-state index in [2.05, 4.69) is 25.3 Å². The largest absolute Gasteiger partial charge is 0.481 e. The van der Waals surface area contributed by atoms with Crippen molar-refractivity contribution in [2.45, 2.75) is 33.6 Å². The van der Waals surface area contributed by atoms with Crippen LogP contribution in [0.1, 0.15) is 30.3 Å². The zero-order chi connectivity index (χ0) is 20.1. The molecule has 1 atom stereocenters. The highest BCUT2D eigenvalue weighted by atomic mass is 16.4. The number of hydrogen-bond donors (Lipinski definition) is 2. The molecule has 1 aromatic carbocycles. The highest BCUT2D eigenvalue weighted by Crippen LogP contribution is 2.25. The molecule has 28 heavy (non-hydrogen) atoms. The first-order valence-corrected chi connectivity index (χ1v) is 9.17. The Labute approximate surface area is 163 Å². The molecule has 0 saturated heterocycles. The second-order valence-corrected chi connectivity index (χ2v) is 6.78. The average Bonchev–Trinajstić information content (AvgIpc) is 2.65. The maximum Gasteiger partial charge on any atom is 0.306 e. The van der Waals surface area contributed by atoms with Gasteiger partial charge in [0, 0.05) is 35.3 Å². The lowest BCUT2D eigenvalue weighted by molar-refractivity contribution is -0.141. The smallest absolute Gasteiger partial charge is 0.306 e. The van der Waals surface area contributed by atoms with Gasteiger partial charge in [-0.2, -0.15) is 0 Å². The summed E-state index contributed by atoms with van der Waals surface area (Å²) in [5.74, 6) is -0.717. The zero-order valence-electron chi connectivity index (χ0n) is 16.2. The number of aromatic nitrogens is 4. The van der Waals surface area contributed by atoms with E-state index in [1.807, 2.05) is 51.1 Å². The van der Waals surface area contributed by atoms with Gasteiger partial charge in [0.15, 0.2) is 0 Å². The zero-order valence-corrected chi connectivity index (χ0v) is 16.2. The summed E-state index contributed by atoms with van der Waals surface area (Å²) in [6.45, 7) is 5.79. The lowest BCUT2D eigenvalue weighted by atomic mass is 9.99. The molecule has 0 bridgehead atoms. The van der Waals surface area contributed by atoms with Crippen LogP contribution in [0.3, 0.4) is 0 Å². The lowest BCUT2D eigenvalue weighted by Crippen LogP contribution is -2.16. The first-order valence-electron chi connectivity index (χ1n) is 9.17. The SMILES string of the molecule is CCC(Cc1cc(-c2cc(C)cc(Nc3nccc(C)n3)c2)ncn1)C(=O)O. The Hall–Kier alpha value is -3.35. The van der Waals surface area contributed by atoms with Crippen molar-refractivity contribution in [2.75, 3.05) is 5.32 Å². The molecule has 2 heterocycles. The quantitative estimate of drug-likeness (QED) is 0.643. The molecule has 2 aromatic heterocycles. The number of rotatable bonds is 7. The lowest BCUT2D eigenvalue weighted by Gasteiger charge is -2.11. The Morgan fingerprint density at radius 3 is 2.68 bits per heavy atom. The number of carboxylic acids is 1. The number of nitrogens with zero attached hydrogens (tertiary/aromatic N) is 4. The minimum atomic E-state index is -0.803. The molecule has 7 nitrogen and oxygen atoms in total.